The molecule has 1 atom stereocenters. The Morgan fingerprint density at radius 1 is 1.29 bits per heavy atom. The van der Waals surface area contributed by atoms with Gasteiger partial charge in [-0.05, 0) is 39.2 Å². The number of nitriles is 1. The van der Waals surface area contributed by atoms with E-state index in [1.165, 1.54) is 0 Å². The Bertz CT molecular complexity index is 946. The lowest BCUT2D eigenvalue weighted by molar-refractivity contribution is -0.175. The van der Waals surface area contributed by atoms with Gasteiger partial charge >= 0.3 is 0 Å². The average molecular weight is 381 g/mol. The molecule has 0 aliphatic carbocycles. The summed E-state index contributed by atoms with van der Waals surface area (Å²) in [5.74, 6) is 0.0609. The number of nitrogens with zero attached hydrogens (tertiary/aromatic N) is 3. The normalized spacial score (nSPS) is 24.4. The van der Waals surface area contributed by atoms with Gasteiger partial charge in [-0.3, -0.25) is 4.79 Å². The van der Waals surface area contributed by atoms with Crippen LogP contribution in [0.1, 0.15) is 43.9 Å². The Hall–Kier alpha value is -2.36. The van der Waals surface area contributed by atoms with Gasteiger partial charge in [0.1, 0.15) is 12.6 Å². The molecule has 0 bridgehead atoms. The summed E-state index contributed by atoms with van der Waals surface area (Å²) in [6, 6.07) is 10.0. The van der Waals surface area contributed by atoms with Gasteiger partial charge < -0.3 is 19.3 Å². The molecule has 1 aromatic carbocycles. The van der Waals surface area contributed by atoms with E-state index in [-0.39, 0.29) is 18.1 Å². The molecule has 2 saturated heterocycles. The predicted molar refractivity (Wildman–Crippen MR) is 106 cm³/mol. The standard InChI is InChI=1S/C22H27N3O3/c1-16-18(13-23)17-5-3-4-6-19(17)25(16)14-20(26)24-10-7-22(8-11-24)15-21(2,27)9-12-28-22/h3-6,27H,7-12,14-15H2,1-2H3. The molecule has 1 spiro atoms. The van der Waals surface area contributed by atoms with Crippen molar-refractivity contribution in [1.29, 1.82) is 5.26 Å². The van der Waals surface area contributed by atoms with E-state index in [9.17, 15) is 15.2 Å². The number of carbonyl (C=O) groups excluding carboxylic acids is 1. The van der Waals surface area contributed by atoms with Crippen LogP contribution in [0.25, 0.3) is 10.9 Å². The SMILES string of the molecule is Cc1c(C#N)c2ccccc2n1CC(=O)N1CCC2(CC1)CC(C)(O)CCO2. The van der Waals surface area contributed by atoms with E-state index in [1.807, 2.05) is 47.6 Å². The Kier molecular flexibility index (Phi) is 4.68. The van der Waals surface area contributed by atoms with Crippen LogP contribution in [0.15, 0.2) is 24.3 Å². The fraction of sp³-hybridized carbons (Fsp3) is 0.545. The highest BCUT2D eigenvalue weighted by atomic mass is 16.5. The number of piperidine rings is 1. The lowest BCUT2D eigenvalue weighted by Crippen LogP contribution is -2.54. The molecule has 1 unspecified atom stereocenters. The number of para-hydroxylation sites is 1. The summed E-state index contributed by atoms with van der Waals surface area (Å²) in [7, 11) is 0. The molecule has 6 heteroatoms. The first-order valence-electron chi connectivity index (χ1n) is 9.96. The summed E-state index contributed by atoms with van der Waals surface area (Å²) in [5, 5.41) is 20.8. The van der Waals surface area contributed by atoms with Gasteiger partial charge in [0, 0.05) is 30.6 Å². The van der Waals surface area contributed by atoms with Crippen molar-refractivity contribution in [2.24, 2.45) is 0 Å². The monoisotopic (exact) mass is 381 g/mol. The van der Waals surface area contributed by atoms with Crippen LogP contribution < -0.4 is 0 Å². The van der Waals surface area contributed by atoms with Gasteiger partial charge in [-0.1, -0.05) is 18.2 Å². The molecule has 0 saturated carbocycles. The highest BCUT2D eigenvalue weighted by molar-refractivity contribution is 5.89. The predicted octanol–water partition coefficient (Wildman–Crippen LogP) is 2.74. The molecule has 0 radical (unpaired) electrons. The average Bonchev–Trinajstić information content (AvgIpc) is 2.92. The molecule has 2 aliphatic heterocycles. The van der Waals surface area contributed by atoms with Crippen LogP contribution in [0.5, 0.6) is 0 Å². The van der Waals surface area contributed by atoms with Gasteiger partial charge in [0.2, 0.25) is 5.91 Å². The van der Waals surface area contributed by atoms with Crippen molar-refractivity contribution in [2.75, 3.05) is 19.7 Å². The zero-order valence-corrected chi connectivity index (χ0v) is 16.6. The minimum absolute atomic E-state index is 0.0609. The first-order valence-corrected chi connectivity index (χ1v) is 9.96. The molecule has 2 fully saturated rings. The fourth-order valence-electron chi connectivity index (χ4n) is 4.82. The smallest absolute Gasteiger partial charge is 0.242 e. The number of ether oxygens (including phenoxy) is 1. The van der Waals surface area contributed by atoms with Crippen LogP contribution in [0.2, 0.25) is 0 Å². The Morgan fingerprint density at radius 3 is 2.68 bits per heavy atom. The minimum atomic E-state index is -0.681. The highest BCUT2D eigenvalue weighted by Crippen LogP contribution is 2.39. The molecule has 2 aromatic rings. The van der Waals surface area contributed by atoms with Gasteiger partial charge in [-0.2, -0.15) is 5.26 Å². The number of carbonyl (C=O) groups is 1. The highest BCUT2D eigenvalue weighted by Gasteiger charge is 2.44. The molecule has 1 N–H and O–H groups in total. The summed E-state index contributed by atoms with van der Waals surface area (Å²) >= 11 is 0. The zero-order chi connectivity index (χ0) is 19.9. The summed E-state index contributed by atoms with van der Waals surface area (Å²) < 4.78 is 7.99. The number of fused-ring (bicyclic) bond motifs is 1. The van der Waals surface area contributed by atoms with E-state index in [1.54, 1.807) is 0 Å². The maximum absolute atomic E-state index is 13.0. The molecule has 28 heavy (non-hydrogen) atoms. The molecular formula is C22H27N3O3. The summed E-state index contributed by atoms with van der Waals surface area (Å²) in [4.78, 5) is 14.9. The van der Waals surface area contributed by atoms with E-state index in [0.717, 1.165) is 29.4 Å². The third-order valence-electron chi connectivity index (χ3n) is 6.42. The Labute approximate surface area is 165 Å². The molecule has 2 aliphatic rings. The van der Waals surface area contributed by atoms with Crippen LogP contribution in [-0.2, 0) is 16.1 Å². The van der Waals surface area contributed by atoms with Gasteiger partial charge in [-0.25, -0.2) is 0 Å². The molecular weight excluding hydrogens is 354 g/mol. The van der Waals surface area contributed by atoms with Crippen molar-refractivity contribution in [1.82, 2.24) is 9.47 Å². The third kappa shape index (κ3) is 3.30. The molecule has 4 rings (SSSR count). The Morgan fingerprint density at radius 2 is 2.00 bits per heavy atom. The van der Waals surface area contributed by atoms with Gasteiger partial charge in [-0.15, -0.1) is 0 Å². The van der Waals surface area contributed by atoms with Crippen molar-refractivity contribution in [3.05, 3.63) is 35.5 Å². The van der Waals surface area contributed by atoms with Crippen molar-refractivity contribution in [3.63, 3.8) is 0 Å². The second kappa shape index (κ2) is 6.91. The molecule has 1 amide bonds. The molecule has 1 aromatic heterocycles. The summed E-state index contributed by atoms with van der Waals surface area (Å²) in [6.45, 7) is 5.86. The van der Waals surface area contributed by atoms with E-state index in [0.29, 0.717) is 38.1 Å². The number of rotatable bonds is 2. The van der Waals surface area contributed by atoms with Crippen molar-refractivity contribution >= 4 is 16.8 Å². The van der Waals surface area contributed by atoms with Crippen LogP contribution in [-0.4, -0.2) is 51.4 Å². The van der Waals surface area contributed by atoms with E-state index in [4.69, 9.17) is 4.74 Å². The second-order valence-corrected chi connectivity index (χ2v) is 8.51. The summed E-state index contributed by atoms with van der Waals surface area (Å²) in [6.07, 6.45) is 2.81. The Balaban J connectivity index is 1.48. The number of hydrogen-bond donors (Lipinski definition) is 1. The summed E-state index contributed by atoms with van der Waals surface area (Å²) in [5.41, 5.74) is 1.41. The largest absolute Gasteiger partial charge is 0.390 e. The zero-order valence-electron chi connectivity index (χ0n) is 16.6. The molecule has 6 nitrogen and oxygen atoms in total. The number of aliphatic hydroxyl groups is 1. The first-order chi connectivity index (χ1) is 13.3. The van der Waals surface area contributed by atoms with Crippen molar-refractivity contribution in [3.8, 4) is 6.07 Å². The van der Waals surface area contributed by atoms with E-state index < -0.39 is 5.60 Å². The van der Waals surface area contributed by atoms with Crippen LogP contribution in [0.4, 0.5) is 0 Å². The number of benzene rings is 1. The van der Waals surface area contributed by atoms with Crippen LogP contribution in [0, 0.1) is 18.3 Å². The number of hydrogen-bond acceptors (Lipinski definition) is 4. The van der Waals surface area contributed by atoms with Crippen molar-refractivity contribution in [2.45, 2.75) is 57.3 Å². The van der Waals surface area contributed by atoms with Crippen LogP contribution >= 0.6 is 0 Å². The lowest BCUT2D eigenvalue weighted by Gasteiger charge is -2.48. The second-order valence-electron chi connectivity index (χ2n) is 8.51. The maximum atomic E-state index is 13.0. The lowest BCUT2D eigenvalue weighted by atomic mass is 9.78. The fourth-order valence-corrected chi connectivity index (χ4v) is 4.82. The van der Waals surface area contributed by atoms with Gasteiger partial charge in [0.15, 0.2) is 0 Å². The first kappa shape index (κ1) is 19.0. The van der Waals surface area contributed by atoms with E-state index in [2.05, 4.69) is 6.07 Å². The van der Waals surface area contributed by atoms with Gasteiger partial charge in [0.25, 0.3) is 0 Å². The molecule has 148 valence electrons. The van der Waals surface area contributed by atoms with Crippen molar-refractivity contribution < 1.29 is 14.6 Å². The number of amides is 1. The van der Waals surface area contributed by atoms with Crippen LogP contribution in [0.3, 0.4) is 0 Å². The topological polar surface area (TPSA) is 78.5 Å². The number of likely N-dealkylation sites (tertiary alicyclic amines) is 1. The number of aromatic nitrogens is 1. The molecule has 3 heterocycles. The minimum Gasteiger partial charge on any atom is -0.390 e. The van der Waals surface area contributed by atoms with E-state index >= 15 is 0 Å². The quantitative estimate of drug-likeness (QED) is 0.868. The third-order valence-corrected chi connectivity index (χ3v) is 6.42. The van der Waals surface area contributed by atoms with Gasteiger partial charge in [0.05, 0.1) is 28.9 Å². The maximum Gasteiger partial charge on any atom is 0.242 e.